The number of rotatable bonds is 7. The molecule has 0 bridgehead atoms. The summed E-state index contributed by atoms with van der Waals surface area (Å²) in [6, 6.07) is 7.02. The monoisotopic (exact) mass is 382 g/mol. The molecule has 0 spiro atoms. The summed E-state index contributed by atoms with van der Waals surface area (Å²) in [5.41, 5.74) is 0.672. The van der Waals surface area contributed by atoms with Gasteiger partial charge in [0.15, 0.2) is 15.5 Å². The van der Waals surface area contributed by atoms with Gasteiger partial charge in [-0.1, -0.05) is 6.92 Å². The highest BCUT2D eigenvalue weighted by Gasteiger charge is 2.45. The Balaban J connectivity index is 2.18. The molecule has 0 saturated heterocycles. The first kappa shape index (κ1) is 19.8. The van der Waals surface area contributed by atoms with Gasteiger partial charge in [-0.3, -0.25) is 10.1 Å². The number of benzene rings is 1. The topological polar surface area (TPSA) is 118 Å². The van der Waals surface area contributed by atoms with Crippen LogP contribution >= 0.6 is 0 Å². The minimum absolute atomic E-state index is 0.0155. The van der Waals surface area contributed by atoms with Crippen LogP contribution in [0.5, 0.6) is 5.75 Å². The van der Waals surface area contributed by atoms with Crippen molar-refractivity contribution in [3.05, 3.63) is 24.3 Å². The number of aromatic nitrogens is 4. The molecule has 1 aromatic heterocycles. The maximum Gasteiger partial charge on any atom is 0.408 e. The summed E-state index contributed by atoms with van der Waals surface area (Å²) in [6.45, 7) is 6.13. The van der Waals surface area contributed by atoms with E-state index in [1.807, 2.05) is 0 Å². The molecule has 0 unspecified atom stereocenters. The van der Waals surface area contributed by atoms with Crippen LogP contribution in [0.15, 0.2) is 24.3 Å². The maximum atomic E-state index is 12.6. The van der Waals surface area contributed by atoms with Crippen molar-refractivity contribution in [2.75, 3.05) is 12.4 Å². The quantitative estimate of drug-likeness (QED) is 0.690. The maximum absolute atomic E-state index is 12.6. The van der Waals surface area contributed by atoms with Crippen molar-refractivity contribution in [1.82, 2.24) is 15.4 Å². The molecule has 1 heterocycles. The van der Waals surface area contributed by atoms with Gasteiger partial charge in [0.1, 0.15) is 10.5 Å². The second-order valence-corrected chi connectivity index (χ2v) is 9.29. The molecule has 0 radical (unpaired) electrons. The van der Waals surface area contributed by atoms with Gasteiger partial charge in [0.2, 0.25) is 5.91 Å². The van der Waals surface area contributed by atoms with Gasteiger partial charge < -0.3 is 4.74 Å². The Morgan fingerprint density at radius 1 is 1.35 bits per heavy atom. The van der Waals surface area contributed by atoms with Crippen LogP contribution in [0.3, 0.4) is 0 Å². The largest absolute Gasteiger partial charge is 0.497 e. The predicted molar refractivity (Wildman–Crippen MR) is 95.8 cm³/mol. The summed E-state index contributed by atoms with van der Waals surface area (Å²) in [5, 5.41) is 12.5. The summed E-state index contributed by atoms with van der Waals surface area (Å²) in [6.07, 6.45) is 0.428. The van der Waals surface area contributed by atoms with Gasteiger partial charge in [0, 0.05) is 5.10 Å². The van der Waals surface area contributed by atoms with Crippen LogP contribution in [-0.4, -0.2) is 46.8 Å². The zero-order valence-electron chi connectivity index (χ0n) is 15.5. The number of aromatic amines is 1. The van der Waals surface area contributed by atoms with E-state index < -0.39 is 25.7 Å². The minimum Gasteiger partial charge on any atom is -0.497 e. The number of sulfone groups is 1. The van der Waals surface area contributed by atoms with Gasteiger partial charge >= 0.3 is 5.95 Å². The zero-order valence-corrected chi connectivity index (χ0v) is 16.3. The fourth-order valence-corrected chi connectivity index (χ4v) is 3.98. The van der Waals surface area contributed by atoms with Crippen molar-refractivity contribution in [3.63, 3.8) is 0 Å². The summed E-state index contributed by atoms with van der Waals surface area (Å²) >= 11 is 0. The first-order valence-corrected chi connectivity index (χ1v) is 9.72. The van der Waals surface area contributed by atoms with Crippen molar-refractivity contribution < 1.29 is 22.7 Å². The fourth-order valence-electron chi connectivity index (χ4n) is 2.23. The van der Waals surface area contributed by atoms with Crippen LogP contribution < -0.4 is 14.9 Å². The van der Waals surface area contributed by atoms with Crippen LogP contribution in [0.2, 0.25) is 0 Å². The van der Waals surface area contributed by atoms with Crippen molar-refractivity contribution in [1.29, 1.82) is 0 Å². The van der Waals surface area contributed by atoms with Gasteiger partial charge in [0.25, 0.3) is 0 Å². The molecular formula is C16H24N5O4S+. The van der Waals surface area contributed by atoms with E-state index in [0.29, 0.717) is 17.9 Å². The minimum atomic E-state index is -3.66. The predicted octanol–water partition coefficient (Wildman–Crippen LogP) is 1.02. The number of H-pyrrole nitrogens is 1. The van der Waals surface area contributed by atoms with E-state index in [-0.39, 0.29) is 5.95 Å². The second kappa shape index (κ2) is 7.40. The highest BCUT2D eigenvalue weighted by atomic mass is 32.2. The van der Waals surface area contributed by atoms with Gasteiger partial charge in [-0.2, -0.15) is 0 Å². The molecule has 10 heteroatoms. The van der Waals surface area contributed by atoms with E-state index >= 15 is 0 Å². The second-order valence-electron chi connectivity index (χ2n) is 6.37. The summed E-state index contributed by atoms with van der Waals surface area (Å²) < 4.78 is 28.6. The van der Waals surface area contributed by atoms with Crippen LogP contribution in [0, 0.1) is 0 Å². The SMILES string of the molecule is CC[C@@H](C)S(=O)(=O)C(C)(C)C(=O)Nc1n[nH][n+](-c2ccc(OC)cc2)n1. The smallest absolute Gasteiger partial charge is 0.408 e. The average Bonchev–Trinajstić information content (AvgIpc) is 3.09. The lowest BCUT2D eigenvalue weighted by atomic mass is 10.2. The van der Waals surface area contributed by atoms with Crippen molar-refractivity contribution >= 4 is 21.7 Å². The Hall–Kier alpha value is -2.49. The standard InChI is InChI=1S/C16H23N5O4S/c1-6-11(2)26(23,24)16(3,4)14(22)17-15-18-20-21(19-15)12-7-9-13(25-5)10-8-12/h7-11H,6H2,1-5H3,(H,17,19,22)/p+1/t11-/m1/s1. The highest BCUT2D eigenvalue weighted by molar-refractivity contribution is 7.94. The van der Waals surface area contributed by atoms with E-state index in [2.05, 4.69) is 20.7 Å². The summed E-state index contributed by atoms with van der Waals surface area (Å²) in [4.78, 5) is 13.9. The van der Waals surface area contributed by atoms with Gasteiger partial charge in [0.05, 0.1) is 17.5 Å². The average molecular weight is 382 g/mol. The third-order valence-electron chi connectivity index (χ3n) is 4.35. The molecule has 1 amide bonds. The number of ether oxygens (including phenoxy) is 1. The number of anilines is 1. The van der Waals surface area contributed by atoms with Crippen LogP contribution in [0.4, 0.5) is 5.95 Å². The van der Waals surface area contributed by atoms with E-state index in [0.717, 1.165) is 0 Å². The van der Waals surface area contributed by atoms with Crippen molar-refractivity contribution in [2.45, 2.75) is 44.1 Å². The summed E-state index contributed by atoms with van der Waals surface area (Å²) in [7, 11) is -2.09. The molecule has 1 aromatic carbocycles. The Bertz CT molecular complexity index is 874. The number of nitrogens with zero attached hydrogens (tertiary/aromatic N) is 3. The lowest BCUT2D eigenvalue weighted by molar-refractivity contribution is -0.716. The molecule has 2 rings (SSSR count). The van der Waals surface area contributed by atoms with Crippen LogP contribution in [0.25, 0.3) is 5.69 Å². The molecule has 0 aliphatic rings. The lowest BCUT2D eigenvalue weighted by Crippen LogP contribution is -2.48. The summed E-state index contributed by atoms with van der Waals surface area (Å²) in [5.74, 6) is -0.00341. The number of amides is 1. The molecule has 142 valence electrons. The molecule has 26 heavy (non-hydrogen) atoms. The Kier molecular flexibility index (Phi) is 5.65. The normalized spacial score (nSPS) is 13.3. The Morgan fingerprint density at radius 2 is 1.96 bits per heavy atom. The highest BCUT2D eigenvalue weighted by Crippen LogP contribution is 2.24. The molecule has 9 nitrogen and oxygen atoms in total. The molecule has 1 atom stereocenters. The molecule has 2 N–H and O–H groups in total. The number of hydrogen-bond donors (Lipinski definition) is 2. The number of tetrazole rings is 1. The molecular weight excluding hydrogens is 358 g/mol. The van der Waals surface area contributed by atoms with Gasteiger partial charge in [-0.25, -0.2) is 8.42 Å². The fraction of sp³-hybridized carbons (Fsp3) is 0.500. The third kappa shape index (κ3) is 3.69. The van der Waals surface area contributed by atoms with E-state index in [1.54, 1.807) is 45.2 Å². The molecule has 0 aliphatic heterocycles. The third-order valence-corrected chi connectivity index (χ3v) is 7.35. The molecule has 2 aromatic rings. The van der Waals surface area contributed by atoms with Crippen LogP contribution in [0.1, 0.15) is 34.1 Å². The molecule has 0 saturated carbocycles. The first-order valence-electron chi connectivity index (χ1n) is 8.17. The van der Waals surface area contributed by atoms with Gasteiger partial charge in [-0.05, 0) is 61.5 Å². The number of hydrogen-bond acceptors (Lipinski definition) is 6. The Morgan fingerprint density at radius 3 is 2.50 bits per heavy atom. The number of methoxy groups -OCH3 is 1. The van der Waals surface area contributed by atoms with Crippen LogP contribution in [-0.2, 0) is 14.6 Å². The van der Waals surface area contributed by atoms with E-state index in [9.17, 15) is 13.2 Å². The van der Waals surface area contributed by atoms with Crippen molar-refractivity contribution in [3.8, 4) is 11.4 Å². The number of carbonyl (C=O) groups excluding carboxylic acids is 1. The number of carbonyl (C=O) groups is 1. The molecule has 0 aliphatic carbocycles. The number of nitrogens with one attached hydrogen (secondary N) is 2. The van der Waals surface area contributed by atoms with E-state index in [4.69, 9.17) is 4.74 Å². The first-order chi connectivity index (χ1) is 12.1. The van der Waals surface area contributed by atoms with Crippen molar-refractivity contribution in [2.24, 2.45) is 0 Å². The van der Waals surface area contributed by atoms with E-state index in [1.165, 1.54) is 18.6 Å². The lowest BCUT2D eigenvalue weighted by Gasteiger charge is -2.25. The zero-order chi connectivity index (χ0) is 19.5. The van der Waals surface area contributed by atoms with Gasteiger partial charge in [-0.15, -0.1) is 0 Å². The Labute approximate surface area is 152 Å². The molecule has 0 fully saturated rings.